The Labute approximate surface area is 319 Å². The van der Waals surface area contributed by atoms with Crippen molar-refractivity contribution in [3.05, 3.63) is 137 Å². The van der Waals surface area contributed by atoms with Crippen LogP contribution in [-0.4, -0.2) is 14.8 Å². The Morgan fingerprint density at radius 3 is 1.53 bits per heavy atom. The van der Waals surface area contributed by atoms with Crippen LogP contribution < -0.4 is 0 Å². The molecule has 274 valence electrons. The molecule has 6 rings (SSSR count). The zero-order chi connectivity index (χ0) is 38.3. The SMILES string of the molecule is CCC(C)(C)c1nnc(-c2cccc(-c3cc(-c4ccc(C(C)(C)C)cc4)cc(-c4ccc(C(C)(C)C)cc4)c3)c2)n1-c1ccc(C)cc1CC(C)C. The van der Waals surface area contributed by atoms with E-state index in [4.69, 9.17) is 10.2 Å². The number of benzene rings is 5. The molecule has 0 N–H and O–H groups in total. The van der Waals surface area contributed by atoms with E-state index in [1.165, 1.54) is 55.8 Å². The van der Waals surface area contributed by atoms with Crippen molar-refractivity contribution in [3.8, 4) is 50.5 Å². The van der Waals surface area contributed by atoms with Gasteiger partial charge in [0.25, 0.3) is 0 Å². The number of aromatic nitrogens is 3. The first-order valence-corrected chi connectivity index (χ1v) is 19.5. The molecule has 3 heteroatoms. The standard InChI is InChI=1S/C50H59N3/c1-13-50(11,12)47-52-51-46(53(47)45-26-17-34(4)28-42(45)27-33(2)3)38-16-14-15-37(29-38)41-31-39(35-18-22-43(23-19-35)48(5,6)7)30-40(32-41)36-20-24-44(25-21-36)49(8,9)10/h14-26,28-33H,13,27H2,1-12H3. The topological polar surface area (TPSA) is 30.7 Å². The van der Waals surface area contributed by atoms with Crippen molar-refractivity contribution in [2.45, 2.75) is 112 Å². The predicted octanol–water partition coefficient (Wildman–Crippen LogP) is 13.7. The van der Waals surface area contributed by atoms with Crippen LogP contribution in [0.4, 0.5) is 0 Å². The predicted molar refractivity (Wildman–Crippen MR) is 227 cm³/mol. The second-order valence-electron chi connectivity index (χ2n) is 18.2. The van der Waals surface area contributed by atoms with E-state index in [9.17, 15) is 0 Å². The quantitative estimate of drug-likeness (QED) is 0.150. The molecule has 5 aromatic carbocycles. The van der Waals surface area contributed by atoms with Gasteiger partial charge in [-0.15, -0.1) is 10.2 Å². The van der Waals surface area contributed by atoms with Gasteiger partial charge in [0.15, 0.2) is 5.82 Å². The fourth-order valence-electron chi connectivity index (χ4n) is 7.12. The fraction of sp³-hybridized carbons (Fsp3) is 0.360. The zero-order valence-electron chi connectivity index (χ0n) is 34.2. The van der Waals surface area contributed by atoms with Gasteiger partial charge in [0.1, 0.15) is 5.82 Å². The summed E-state index contributed by atoms with van der Waals surface area (Å²) < 4.78 is 2.34. The third kappa shape index (κ3) is 8.25. The highest BCUT2D eigenvalue weighted by Gasteiger charge is 2.29. The maximum absolute atomic E-state index is 4.95. The molecule has 0 spiro atoms. The molecular weight excluding hydrogens is 643 g/mol. The van der Waals surface area contributed by atoms with Crippen LogP contribution in [0.3, 0.4) is 0 Å². The molecular formula is C50H59N3. The van der Waals surface area contributed by atoms with E-state index in [0.717, 1.165) is 35.6 Å². The summed E-state index contributed by atoms with van der Waals surface area (Å²) in [4.78, 5) is 0. The van der Waals surface area contributed by atoms with Crippen LogP contribution in [0.25, 0.3) is 50.5 Å². The van der Waals surface area contributed by atoms with Crippen molar-refractivity contribution in [2.75, 3.05) is 0 Å². The molecule has 0 bridgehead atoms. The summed E-state index contributed by atoms with van der Waals surface area (Å²) in [7, 11) is 0. The highest BCUT2D eigenvalue weighted by molar-refractivity contribution is 5.82. The van der Waals surface area contributed by atoms with Crippen molar-refractivity contribution < 1.29 is 0 Å². The summed E-state index contributed by atoms with van der Waals surface area (Å²) in [5.74, 6) is 2.40. The normalized spacial score (nSPS) is 12.5. The Morgan fingerprint density at radius 2 is 1.04 bits per heavy atom. The minimum Gasteiger partial charge on any atom is -0.278 e. The molecule has 0 amide bonds. The van der Waals surface area contributed by atoms with E-state index in [-0.39, 0.29) is 16.2 Å². The first-order chi connectivity index (χ1) is 24.9. The Hall–Kier alpha value is -4.76. The average Bonchev–Trinajstić information content (AvgIpc) is 3.57. The summed E-state index contributed by atoms with van der Waals surface area (Å²) >= 11 is 0. The lowest BCUT2D eigenvalue weighted by atomic mass is 9.85. The van der Waals surface area contributed by atoms with Crippen LogP contribution in [0.5, 0.6) is 0 Å². The Balaban J connectivity index is 1.53. The van der Waals surface area contributed by atoms with E-state index < -0.39 is 0 Å². The van der Waals surface area contributed by atoms with E-state index in [1.54, 1.807) is 0 Å². The molecule has 0 saturated carbocycles. The number of hydrogen-bond acceptors (Lipinski definition) is 2. The highest BCUT2D eigenvalue weighted by atomic mass is 15.3. The van der Waals surface area contributed by atoms with E-state index in [1.807, 2.05) is 0 Å². The maximum atomic E-state index is 4.95. The molecule has 0 aliphatic carbocycles. The molecule has 0 aliphatic rings. The average molecular weight is 702 g/mol. The van der Waals surface area contributed by atoms with Crippen LogP contribution in [0.1, 0.15) is 111 Å². The zero-order valence-corrected chi connectivity index (χ0v) is 34.2. The van der Waals surface area contributed by atoms with Gasteiger partial charge >= 0.3 is 0 Å². The van der Waals surface area contributed by atoms with Crippen molar-refractivity contribution >= 4 is 0 Å². The summed E-state index contributed by atoms with van der Waals surface area (Å²) in [6.07, 6.45) is 1.95. The van der Waals surface area contributed by atoms with Gasteiger partial charge in [-0.3, -0.25) is 4.57 Å². The van der Waals surface area contributed by atoms with Gasteiger partial charge in [0.05, 0.1) is 5.69 Å². The number of hydrogen-bond donors (Lipinski definition) is 0. The second kappa shape index (κ2) is 14.6. The second-order valence-corrected chi connectivity index (χ2v) is 18.2. The Bertz CT molecular complexity index is 2120. The van der Waals surface area contributed by atoms with Crippen molar-refractivity contribution in [1.82, 2.24) is 14.8 Å². The third-order valence-corrected chi connectivity index (χ3v) is 10.8. The molecule has 3 nitrogen and oxygen atoms in total. The Kier molecular flexibility index (Phi) is 10.4. The van der Waals surface area contributed by atoms with Gasteiger partial charge in [0, 0.05) is 11.0 Å². The van der Waals surface area contributed by atoms with Crippen LogP contribution in [0.15, 0.2) is 109 Å². The number of rotatable bonds is 9. The van der Waals surface area contributed by atoms with E-state index in [2.05, 4.69) is 197 Å². The molecule has 0 radical (unpaired) electrons. The minimum absolute atomic E-state index is 0.0989. The highest BCUT2D eigenvalue weighted by Crippen LogP contribution is 2.38. The lowest BCUT2D eigenvalue weighted by Gasteiger charge is -2.25. The van der Waals surface area contributed by atoms with Gasteiger partial charge in [0.2, 0.25) is 0 Å². The first-order valence-electron chi connectivity index (χ1n) is 19.5. The lowest BCUT2D eigenvalue weighted by Crippen LogP contribution is -2.22. The summed E-state index contributed by atoms with van der Waals surface area (Å²) in [5.41, 5.74) is 14.7. The molecule has 0 fully saturated rings. The van der Waals surface area contributed by atoms with Crippen molar-refractivity contribution in [3.63, 3.8) is 0 Å². The smallest absolute Gasteiger partial charge is 0.168 e. The van der Waals surface area contributed by atoms with E-state index >= 15 is 0 Å². The van der Waals surface area contributed by atoms with Gasteiger partial charge in [-0.1, -0.05) is 161 Å². The molecule has 1 aromatic heterocycles. The van der Waals surface area contributed by atoms with Crippen LogP contribution in [-0.2, 0) is 22.7 Å². The maximum Gasteiger partial charge on any atom is 0.168 e. The monoisotopic (exact) mass is 701 g/mol. The molecule has 0 unspecified atom stereocenters. The number of aryl methyl sites for hydroxylation is 1. The molecule has 53 heavy (non-hydrogen) atoms. The fourth-order valence-corrected chi connectivity index (χ4v) is 7.12. The van der Waals surface area contributed by atoms with Gasteiger partial charge < -0.3 is 0 Å². The molecule has 0 saturated heterocycles. The van der Waals surface area contributed by atoms with Crippen LogP contribution in [0, 0.1) is 12.8 Å². The van der Waals surface area contributed by atoms with Crippen molar-refractivity contribution in [1.29, 1.82) is 0 Å². The summed E-state index contributed by atoms with van der Waals surface area (Å²) in [6.45, 7) is 27.2. The van der Waals surface area contributed by atoms with Crippen LogP contribution in [0.2, 0.25) is 0 Å². The lowest BCUT2D eigenvalue weighted by molar-refractivity contribution is 0.463. The Morgan fingerprint density at radius 1 is 0.547 bits per heavy atom. The van der Waals surface area contributed by atoms with Crippen LogP contribution >= 0.6 is 0 Å². The summed E-state index contributed by atoms with van der Waals surface area (Å²) in [5, 5.41) is 9.88. The molecule has 6 aromatic rings. The third-order valence-electron chi connectivity index (χ3n) is 10.8. The van der Waals surface area contributed by atoms with Crippen molar-refractivity contribution in [2.24, 2.45) is 5.92 Å². The van der Waals surface area contributed by atoms with Gasteiger partial charge in [-0.05, 0) is 117 Å². The minimum atomic E-state index is -0.156. The molecule has 1 heterocycles. The van der Waals surface area contributed by atoms with E-state index in [0.29, 0.717) is 5.92 Å². The summed E-state index contributed by atoms with van der Waals surface area (Å²) in [6, 6.07) is 41.0. The molecule has 0 aliphatic heterocycles. The van der Waals surface area contributed by atoms with Gasteiger partial charge in [-0.25, -0.2) is 0 Å². The largest absolute Gasteiger partial charge is 0.278 e. The number of nitrogens with zero attached hydrogens (tertiary/aromatic N) is 3. The van der Waals surface area contributed by atoms with Gasteiger partial charge in [-0.2, -0.15) is 0 Å². The molecule has 0 atom stereocenters. The first kappa shape index (κ1) is 38.0.